The second-order valence-corrected chi connectivity index (χ2v) is 5.48. The van der Waals surface area contributed by atoms with Crippen LogP contribution in [0.4, 0.5) is 0 Å². The molecule has 0 bridgehead atoms. The van der Waals surface area contributed by atoms with Crippen LogP contribution in [0.15, 0.2) is 65.6 Å². The molecule has 2 rings (SSSR count). The predicted octanol–water partition coefficient (Wildman–Crippen LogP) is 2.80. The number of Topliss-reactive ketones (excluding diaryl/α,β-unsaturated/α-hetero) is 1. The van der Waals surface area contributed by atoms with Crippen LogP contribution in [0.3, 0.4) is 0 Å². The monoisotopic (exact) mass is 288 g/mol. The maximum atomic E-state index is 12.2. The van der Waals surface area contributed by atoms with Crippen molar-refractivity contribution in [3.8, 4) is 0 Å². The Balaban J connectivity index is 2.51. The van der Waals surface area contributed by atoms with E-state index < -0.39 is 20.8 Å². The zero-order valence-electron chi connectivity index (χ0n) is 10.4. The van der Waals surface area contributed by atoms with E-state index in [0.29, 0.717) is 5.56 Å². The second-order valence-electron chi connectivity index (χ2n) is 4.09. The highest BCUT2D eigenvalue weighted by Crippen LogP contribution is 2.17. The first-order chi connectivity index (χ1) is 9.48. The van der Waals surface area contributed by atoms with E-state index in [4.69, 9.17) is 0 Å². The second kappa shape index (κ2) is 5.81. The molecule has 0 saturated carbocycles. The largest absolute Gasteiger partial charge is 0.298 e. The van der Waals surface area contributed by atoms with Crippen molar-refractivity contribution in [3.63, 3.8) is 0 Å². The van der Waals surface area contributed by atoms with Crippen LogP contribution in [0.1, 0.15) is 15.9 Å². The number of rotatable bonds is 4. The van der Waals surface area contributed by atoms with Crippen LogP contribution in [0.2, 0.25) is 0 Å². The first kappa shape index (κ1) is 14.2. The van der Waals surface area contributed by atoms with Gasteiger partial charge in [-0.1, -0.05) is 60.7 Å². The summed E-state index contributed by atoms with van der Waals surface area (Å²) < 4.78 is 32.1. The van der Waals surface area contributed by atoms with Crippen LogP contribution < -0.4 is 0 Å². The molecular formula is C15H12O4S. The molecule has 0 amide bonds. The Morgan fingerprint density at radius 3 is 1.90 bits per heavy atom. The minimum absolute atomic E-state index is 0.201. The zero-order valence-corrected chi connectivity index (χ0v) is 11.2. The standard InChI is InChI=1S/C15H12O4S/c16-15(13-9-5-2-6-10-13)14(20(17,18)19)11-12-7-3-1-4-8-12/h1-11H,(H,17,18,19)/b14-11-. The van der Waals surface area contributed by atoms with E-state index in [9.17, 15) is 17.8 Å². The lowest BCUT2D eigenvalue weighted by Crippen LogP contribution is -2.13. The summed E-state index contributed by atoms with van der Waals surface area (Å²) in [5.41, 5.74) is 0.719. The lowest BCUT2D eigenvalue weighted by molar-refractivity contribution is 0.104. The first-order valence-corrected chi connectivity index (χ1v) is 7.26. The molecule has 5 heteroatoms. The minimum atomic E-state index is -4.60. The molecule has 0 aliphatic heterocycles. The van der Waals surface area contributed by atoms with Gasteiger partial charge < -0.3 is 0 Å². The van der Waals surface area contributed by atoms with Gasteiger partial charge in [-0.3, -0.25) is 9.35 Å². The van der Waals surface area contributed by atoms with Gasteiger partial charge in [0.2, 0.25) is 5.78 Å². The number of benzene rings is 2. The molecule has 2 aromatic carbocycles. The summed E-state index contributed by atoms with van der Waals surface area (Å²) in [6, 6.07) is 16.4. The predicted molar refractivity (Wildman–Crippen MR) is 76.7 cm³/mol. The molecule has 0 atom stereocenters. The maximum absolute atomic E-state index is 12.2. The Labute approximate surface area is 117 Å². The average molecular weight is 288 g/mol. The number of ketones is 1. The lowest BCUT2D eigenvalue weighted by atomic mass is 10.1. The average Bonchev–Trinajstić information content (AvgIpc) is 2.45. The van der Waals surface area contributed by atoms with Gasteiger partial charge in [-0.05, 0) is 11.6 Å². The van der Waals surface area contributed by atoms with Crippen molar-refractivity contribution >= 4 is 22.0 Å². The molecule has 0 fully saturated rings. The van der Waals surface area contributed by atoms with E-state index in [1.807, 2.05) is 0 Å². The smallest absolute Gasteiger partial charge is 0.288 e. The molecule has 0 saturated heterocycles. The number of carbonyl (C=O) groups excluding carboxylic acids is 1. The van der Waals surface area contributed by atoms with Gasteiger partial charge >= 0.3 is 0 Å². The van der Waals surface area contributed by atoms with Crippen LogP contribution in [-0.2, 0) is 10.1 Å². The maximum Gasteiger partial charge on any atom is 0.298 e. The molecule has 0 spiro atoms. The number of carbonyl (C=O) groups is 1. The molecule has 2 aromatic rings. The molecule has 0 aliphatic rings. The van der Waals surface area contributed by atoms with Gasteiger partial charge in [-0.15, -0.1) is 0 Å². The molecule has 4 nitrogen and oxygen atoms in total. The molecule has 0 unspecified atom stereocenters. The summed E-state index contributed by atoms with van der Waals surface area (Å²) >= 11 is 0. The van der Waals surface area contributed by atoms with Gasteiger partial charge in [0.1, 0.15) is 4.91 Å². The van der Waals surface area contributed by atoms with Crippen LogP contribution >= 0.6 is 0 Å². The summed E-state index contributed by atoms with van der Waals surface area (Å²) in [5, 5.41) is 0. The molecule has 0 aliphatic carbocycles. The van der Waals surface area contributed by atoms with Crippen LogP contribution in [-0.4, -0.2) is 18.8 Å². The Morgan fingerprint density at radius 1 is 0.900 bits per heavy atom. The molecule has 20 heavy (non-hydrogen) atoms. The normalized spacial score (nSPS) is 12.2. The Kier molecular flexibility index (Phi) is 4.12. The fraction of sp³-hybridized carbons (Fsp3) is 0. The van der Waals surface area contributed by atoms with Crippen molar-refractivity contribution in [3.05, 3.63) is 76.7 Å². The van der Waals surface area contributed by atoms with E-state index >= 15 is 0 Å². The molecule has 1 N–H and O–H groups in total. The van der Waals surface area contributed by atoms with E-state index in [1.54, 1.807) is 48.5 Å². The SMILES string of the molecule is O=C(/C(=C/c1ccccc1)S(=O)(=O)O)c1ccccc1. The summed E-state index contributed by atoms with van der Waals surface area (Å²) in [7, 11) is -4.60. The summed E-state index contributed by atoms with van der Waals surface area (Å²) in [5.74, 6) is -0.739. The van der Waals surface area contributed by atoms with Crippen molar-refractivity contribution in [1.29, 1.82) is 0 Å². The fourth-order valence-corrected chi connectivity index (χ4v) is 2.33. The topological polar surface area (TPSA) is 71.4 Å². The molecule has 0 radical (unpaired) electrons. The Morgan fingerprint density at radius 2 is 1.40 bits per heavy atom. The van der Waals surface area contributed by atoms with Crippen molar-refractivity contribution < 1.29 is 17.8 Å². The van der Waals surface area contributed by atoms with E-state index in [1.165, 1.54) is 12.1 Å². The van der Waals surface area contributed by atoms with Gasteiger partial charge in [0.05, 0.1) is 0 Å². The molecular weight excluding hydrogens is 276 g/mol. The number of hydrogen-bond acceptors (Lipinski definition) is 3. The van der Waals surface area contributed by atoms with Crippen LogP contribution in [0, 0.1) is 0 Å². The van der Waals surface area contributed by atoms with Crippen LogP contribution in [0.5, 0.6) is 0 Å². The van der Waals surface area contributed by atoms with E-state index in [-0.39, 0.29) is 5.56 Å². The summed E-state index contributed by atoms with van der Waals surface area (Å²) in [6.45, 7) is 0. The van der Waals surface area contributed by atoms with Gasteiger partial charge in [0, 0.05) is 5.56 Å². The Bertz CT molecular complexity index is 732. The van der Waals surface area contributed by atoms with Gasteiger partial charge in [0.15, 0.2) is 0 Å². The highest BCUT2D eigenvalue weighted by atomic mass is 32.2. The fourth-order valence-electron chi connectivity index (χ4n) is 1.69. The van der Waals surface area contributed by atoms with Crippen molar-refractivity contribution in [1.82, 2.24) is 0 Å². The van der Waals surface area contributed by atoms with Crippen molar-refractivity contribution in [2.24, 2.45) is 0 Å². The minimum Gasteiger partial charge on any atom is -0.288 e. The summed E-state index contributed by atoms with van der Waals surface area (Å²) in [6.07, 6.45) is 1.16. The van der Waals surface area contributed by atoms with Gasteiger partial charge in [0.25, 0.3) is 10.1 Å². The van der Waals surface area contributed by atoms with Gasteiger partial charge in [-0.2, -0.15) is 8.42 Å². The van der Waals surface area contributed by atoms with Crippen molar-refractivity contribution in [2.75, 3.05) is 0 Å². The van der Waals surface area contributed by atoms with Gasteiger partial charge in [-0.25, -0.2) is 0 Å². The first-order valence-electron chi connectivity index (χ1n) is 5.82. The Hall–Kier alpha value is -2.24. The van der Waals surface area contributed by atoms with Crippen LogP contribution in [0.25, 0.3) is 6.08 Å². The van der Waals surface area contributed by atoms with E-state index in [0.717, 1.165) is 6.08 Å². The number of allylic oxidation sites excluding steroid dienone is 1. The molecule has 0 aromatic heterocycles. The third-order valence-electron chi connectivity index (χ3n) is 2.64. The zero-order chi connectivity index (χ0) is 14.6. The summed E-state index contributed by atoms with van der Waals surface area (Å²) in [4.78, 5) is 11.5. The highest BCUT2D eigenvalue weighted by Gasteiger charge is 2.23. The number of hydrogen-bond donors (Lipinski definition) is 1. The molecule has 0 heterocycles. The third kappa shape index (κ3) is 3.40. The quantitative estimate of drug-likeness (QED) is 0.533. The highest BCUT2D eigenvalue weighted by molar-refractivity contribution is 7.91. The van der Waals surface area contributed by atoms with E-state index in [2.05, 4.69) is 0 Å². The molecule has 102 valence electrons. The van der Waals surface area contributed by atoms with Crippen molar-refractivity contribution in [2.45, 2.75) is 0 Å². The third-order valence-corrected chi connectivity index (χ3v) is 3.49. The lowest BCUT2D eigenvalue weighted by Gasteiger charge is -2.04.